The molecule has 0 unspecified atom stereocenters. The Labute approximate surface area is 392 Å². The van der Waals surface area contributed by atoms with Gasteiger partial charge in [0.15, 0.2) is 23.1 Å². The molecule has 0 aliphatic rings. The Balaban J connectivity index is 0.932. The van der Waals surface area contributed by atoms with Crippen molar-refractivity contribution in [1.82, 2.24) is 19.5 Å². The third-order valence-corrected chi connectivity index (χ3v) is 13.1. The van der Waals surface area contributed by atoms with Crippen molar-refractivity contribution >= 4 is 43.7 Å². The minimum atomic E-state index is 0.569. The van der Waals surface area contributed by atoms with E-state index in [2.05, 4.69) is 235 Å². The number of nitrogens with zero attached hydrogens (tertiary/aromatic N) is 4. The van der Waals surface area contributed by atoms with Crippen LogP contribution in [0.1, 0.15) is 0 Å². The topological polar surface area (TPSA) is 56.7 Å². The molecule has 0 atom stereocenters. The van der Waals surface area contributed by atoms with E-state index in [1.54, 1.807) is 0 Å². The number of hydrogen-bond donors (Lipinski definition) is 0. The first-order valence-electron chi connectivity index (χ1n) is 22.9. The van der Waals surface area contributed by atoms with Crippen LogP contribution in [0.15, 0.2) is 247 Å². The molecule has 318 valence electrons. The van der Waals surface area contributed by atoms with Crippen molar-refractivity contribution in [3.05, 3.63) is 243 Å². The van der Waals surface area contributed by atoms with Crippen molar-refractivity contribution in [2.75, 3.05) is 0 Å². The first-order valence-corrected chi connectivity index (χ1v) is 22.9. The number of para-hydroxylation sites is 1. The van der Waals surface area contributed by atoms with E-state index < -0.39 is 0 Å². The Morgan fingerprint density at radius 1 is 0.279 bits per heavy atom. The predicted octanol–water partition coefficient (Wildman–Crippen LogP) is 16.5. The average molecular weight is 869 g/mol. The van der Waals surface area contributed by atoms with Crippen LogP contribution in [0.4, 0.5) is 0 Å². The van der Waals surface area contributed by atoms with E-state index in [0.29, 0.717) is 17.5 Å². The maximum Gasteiger partial charge on any atom is 0.164 e. The van der Waals surface area contributed by atoms with Crippen molar-refractivity contribution in [2.24, 2.45) is 0 Å². The lowest BCUT2D eigenvalue weighted by Gasteiger charge is -2.11. The minimum Gasteiger partial charge on any atom is -0.454 e. The molecule has 0 saturated carbocycles. The van der Waals surface area contributed by atoms with Gasteiger partial charge >= 0.3 is 0 Å². The van der Waals surface area contributed by atoms with Gasteiger partial charge < -0.3 is 8.98 Å². The molecule has 0 amide bonds. The zero-order valence-corrected chi connectivity index (χ0v) is 36.8. The van der Waals surface area contributed by atoms with Crippen LogP contribution in [-0.2, 0) is 0 Å². The Kier molecular flexibility index (Phi) is 9.43. The van der Waals surface area contributed by atoms with Gasteiger partial charge in [-0.25, -0.2) is 15.0 Å². The van der Waals surface area contributed by atoms with Crippen LogP contribution in [-0.4, -0.2) is 19.5 Å². The first-order chi connectivity index (χ1) is 33.7. The van der Waals surface area contributed by atoms with E-state index in [-0.39, 0.29) is 0 Å². The van der Waals surface area contributed by atoms with E-state index in [1.165, 1.54) is 16.5 Å². The Morgan fingerprint density at radius 3 is 1.25 bits per heavy atom. The molecule has 0 fully saturated rings. The highest BCUT2D eigenvalue weighted by Gasteiger charge is 2.21. The van der Waals surface area contributed by atoms with Crippen molar-refractivity contribution in [3.8, 4) is 84.4 Å². The van der Waals surface area contributed by atoms with Gasteiger partial charge in [-0.05, 0) is 80.9 Å². The summed E-state index contributed by atoms with van der Waals surface area (Å²) < 4.78 is 9.39. The maximum absolute atomic E-state index is 7.04. The fraction of sp³-hybridized carbons (Fsp3) is 0. The standard InChI is InChI=1S/C63H40N4O/c1-4-13-41(14-5-1)44-23-25-47(26-24-44)50-19-12-20-52(39-50)67-57-22-11-10-21-53(57)55-37-38-56-54-36-35-51(40-58(54)68-60(56)59(55)67)63-65-61(48-31-27-45(28-32-48)42-15-6-2-7-16-42)64-62(66-63)49-33-29-46(30-34-49)43-17-8-3-9-18-43/h1-40H. The van der Waals surface area contributed by atoms with Crippen LogP contribution in [0.2, 0.25) is 0 Å². The summed E-state index contributed by atoms with van der Waals surface area (Å²) in [6.45, 7) is 0. The number of fused-ring (bicyclic) bond motifs is 7. The summed E-state index contributed by atoms with van der Waals surface area (Å²) in [5.74, 6) is 1.77. The van der Waals surface area contributed by atoms with E-state index in [9.17, 15) is 0 Å². The number of hydrogen-bond acceptors (Lipinski definition) is 4. The second kappa shape index (κ2) is 16.4. The molecule has 0 radical (unpaired) electrons. The Bertz CT molecular complexity index is 3870. The Morgan fingerprint density at radius 2 is 0.691 bits per heavy atom. The summed E-state index contributed by atoms with van der Waals surface area (Å²) in [6, 6.07) is 85.2. The van der Waals surface area contributed by atoms with E-state index >= 15 is 0 Å². The molecule has 3 aromatic heterocycles. The predicted molar refractivity (Wildman–Crippen MR) is 279 cm³/mol. The second-order valence-corrected chi connectivity index (χ2v) is 17.2. The van der Waals surface area contributed by atoms with Crippen molar-refractivity contribution in [1.29, 1.82) is 0 Å². The minimum absolute atomic E-state index is 0.569. The van der Waals surface area contributed by atoms with Crippen LogP contribution in [0.25, 0.3) is 128 Å². The largest absolute Gasteiger partial charge is 0.454 e. The summed E-state index contributed by atoms with van der Waals surface area (Å²) >= 11 is 0. The number of furan rings is 1. The highest BCUT2D eigenvalue weighted by molar-refractivity contribution is 6.21. The zero-order valence-electron chi connectivity index (χ0n) is 36.8. The molecule has 68 heavy (non-hydrogen) atoms. The molecule has 0 spiro atoms. The maximum atomic E-state index is 7.04. The summed E-state index contributed by atoms with van der Waals surface area (Å²) in [7, 11) is 0. The van der Waals surface area contributed by atoms with Crippen LogP contribution < -0.4 is 0 Å². The molecule has 0 saturated heterocycles. The van der Waals surface area contributed by atoms with Crippen LogP contribution >= 0.6 is 0 Å². The van der Waals surface area contributed by atoms with Crippen molar-refractivity contribution in [2.45, 2.75) is 0 Å². The van der Waals surface area contributed by atoms with Gasteiger partial charge in [-0.15, -0.1) is 0 Å². The summed E-state index contributed by atoms with van der Waals surface area (Å²) in [6.07, 6.45) is 0. The average Bonchev–Trinajstić information content (AvgIpc) is 3.97. The fourth-order valence-electron chi connectivity index (χ4n) is 9.65. The van der Waals surface area contributed by atoms with Gasteiger partial charge in [0, 0.05) is 43.9 Å². The monoisotopic (exact) mass is 868 g/mol. The molecule has 10 aromatic carbocycles. The SMILES string of the molecule is c1ccc(-c2ccc(-c3cccc(-n4c5ccccc5c5ccc6c7ccc(-c8nc(-c9ccc(-c%10ccccc%10)cc9)nc(-c9ccc(-c%10ccccc%10)cc9)n8)cc7oc6c54)c3)cc2)cc1. The van der Waals surface area contributed by atoms with E-state index in [4.69, 9.17) is 19.4 Å². The summed E-state index contributed by atoms with van der Waals surface area (Å²) in [4.78, 5) is 15.4. The molecule has 13 rings (SSSR count). The molecular formula is C63H40N4O. The Hall–Kier alpha value is -9.19. The van der Waals surface area contributed by atoms with Gasteiger partial charge in [-0.3, -0.25) is 0 Å². The smallest absolute Gasteiger partial charge is 0.164 e. The quantitative estimate of drug-likeness (QED) is 0.153. The van der Waals surface area contributed by atoms with Gasteiger partial charge in [0.25, 0.3) is 0 Å². The molecule has 0 N–H and O–H groups in total. The number of rotatable bonds is 8. The highest BCUT2D eigenvalue weighted by Crippen LogP contribution is 2.42. The zero-order chi connectivity index (χ0) is 45.0. The lowest BCUT2D eigenvalue weighted by molar-refractivity contribution is 0.671. The van der Waals surface area contributed by atoms with Gasteiger partial charge in [0.05, 0.1) is 11.0 Å². The second-order valence-electron chi connectivity index (χ2n) is 17.2. The van der Waals surface area contributed by atoms with Crippen LogP contribution in [0.5, 0.6) is 0 Å². The summed E-state index contributed by atoms with van der Waals surface area (Å²) in [5, 5.41) is 4.37. The van der Waals surface area contributed by atoms with Gasteiger partial charge in [0.2, 0.25) is 0 Å². The van der Waals surface area contributed by atoms with E-state index in [0.717, 1.165) is 94.1 Å². The lowest BCUT2D eigenvalue weighted by atomic mass is 10.00. The molecule has 3 heterocycles. The third kappa shape index (κ3) is 6.93. The molecule has 0 aliphatic carbocycles. The highest BCUT2D eigenvalue weighted by atomic mass is 16.3. The molecular weight excluding hydrogens is 829 g/mol. The first kappa shape index (κ1) is 39.2. The van der Waals surface area contributed by atoms with Gasteiger partial charge in [0.1, 0.15) is 5.58 Å². The summed E-state index contributed by atoms with van der Waals surface area (Å²) in [5.41, 5.74) is 16.7. The lowest BCUT2D eigenvalue weighted by Crippen LogP contribution is -2.00. The molecule has 0 aliphatic heterocycles. The third-order valence-electron chi connectivity index (χ3n) is 13.1. The number of benzene rings is 10. The van der Waals surface area contributed by atoms with E-state index in [1.807, 2.05) is 12.1 Å². The molecule has 5 heteroatoms. The molecule has 5 nitrogen and oxygen atoms in total. The van der Waals surface area contributed by atoms with Gasteiger partial charge in [-0.2, -0.15) is 0 Å². The van der Waals surface area contributed by atoms with Crippen molar-refractivity contribution < 1.29 is 4.42 Å². The van der Waals surface area contributed by atoms with Crippen LogP contribution in [0.3, 0.4) is 0 Å². The normalized spacial score (nSPS) is 11.5. The number of aromatic nitrogens is 4. The van der Waals surface area contributed by atoms with Crippen molar-refractivity contribution in [3.63, 3.8) is 0 Å². The fourth-order valence-corrected chi connectivity index (χ4v) is 9.65. The van der Waals surface area contributed by atoms with Gasteiger partial charge in [-0.1, -0.05) is 206 Å². The molecule has 13 aromatic rings. The molecule has 0 bridgehead atoms. The van der Waals surface area contributed by atoms with Crippen LogP contribution in [0, 0.1) is 0 Å².